The van der Waals surface area contributed by atoms with Crippen LogP contribution in [0.4, 0.5) is 5.69 Å². The van der Waals surface area contributed by atoms with Gasteiger partial charge in [-0.15, -0.1) is 0 Å². The van der Waals surface area contributed by atoms with Gasteiger partial charge in [-0.05, 0) is 42.8 Å². The van der Waals surface area contributed by atoms with Gasteiger partial charge in [0, 0.05) is 15.7 Å². The van der Waals surface area contributed by atoms with Crippen molar-refractivity contribution >= 4 is 33.7 Å². The molecular weight excluding hydrogens is 358 g/mol. The van der Waals surface area contributed by atoms with Gasteiger partial charge in [0.05, 0.1) is 19.9 Å². The molecule has 6 heteroatoms. The minimum absolute atomic E-state index is 0.149. The summed E-state index contributed by atoms with van der Waals surface area (Å²) < 4.78 is 6.15. The average Bonchev–Trinajstić information content (AvgIpc) is 2.53. The van der Waals surface area contributed by atoms with Crippen LogP contribution in [0.2, 0.25) is 0 Å². The molecular formula is C17H18BrN3O2. The lowest BCUT2D eigenvalue weighted by Crippen LogP contribution is -2.25. The summed E-state index contributed by atoms with van der Waals surface area (Å²) in [6.07, 6.45) is 1.55. The van der Waals surface area contributed by atoms with Gasteiger partial charge in [-0.25, -0.2) is 5.43 Å². The van der Waals surface area contributed by atoms with E-state index in [2.05, 4.69) is 31.8 Å². The van der Waals surface area contributed by atoms with E-state index in [0.717, 1.165) is 21.3 Å². The van der Waals surface area contributed by atoms with Gasteiger partial charge in [0.2, 0.25) is 0 Å². The Morgan fingerprint density at radius 1 is 1.30 bits per heavy atom. The number of rotatable bonds is 6. The first kappa shape index (κ1) is 17.0. The number of nitrogens with one attached hydrogen (secondary N) is 2. The number of amides is 1. The Kier molecular flexibility index (Phi) is 6.17. The Morgan fingerprint density at radius 2 is 2.13 bits per heavy atom. The minimum atomic E-state index is -0.225. The van der Waals surface area contributed by atoms with E-state index in [1.54, 1.807) is 13.3 Å². The van der Waals surface area contributed by atoms with Crippen LogP contribution in [0.5, 0.6) is 5.75 Å². The fourth-order valence-electron chi connectivity index (χ4n) is 1.96. The molecule has 120 valence electrons. The molecule has 1 amide bonds. The Hall–Kier alpha value is -2.34. The van der Waals surface area contributed by atoms with Gasteiger partial charge in [0.25, 0.3) is 5.91 Å². The van der Waals surface area contributed by atoms with Gasteiger partial charge < -0.3 is 10.1 Å². The van der Waals surface area contributed by atoms with Crippen LogP contribution < -0.4 is 15.5 Å². The van der Waals surface area contributed by atoms with Crippen molar-refractivity contribution in [2.45, 2.75) is 6.92 Å². The highest BCUT2D eigenvalue weighted by atomic mass is 79.9. The molecule has 0 aliphatic rings. The van der Waals surface area contributed by atoms with Crippen molar-refractivity contribution in [2.75, 3.05) is 19.0 Å². The van der Waals surface area contributed by atoms with Gasteiger partial charge in [-0.1, -0.05) is 28.1 Å². The van der Waals surface area contributed by atoms with Crippen molar-refractivity contribution in [3.63, 3.8) is 0 Å². The van der Waals surface area contributed by atoms with E-state index in [1.807, 2.05) is 49.4 Å². The fraction of sp³-hybridized carbons (Fsp3) is 0.176. The lowest BCUT2D eigenvalue weighted by molar-refractivity contribution is -0.119. The van der Waals surface area contributed by atoms with Crippen molar-refractivity contribution in [3.8, 4) is 5.75 Å². The first-order valence-corrected chi connectivity index (χ1v) is 7.84. The van der Waals surface area contributed by atoms with Crippen LogP contribution in [0, 0.1) is 6.92 Å². The summed E-state index contributed by atoms with van der Waals surface area (Å²) in [4.78, 5) is 11.8. The van der Waals surface area contributed by atoms with E-state index in [9.17, 15) is 4.79 Å². The van der Waals surface area contributed by atoms with Crippen LogP contribution in [0.3, 0.4) is 0 Å². The Bertz CT molecular complexity index is 717. The van der Waals surface area contributed by atoms with Crippen molar-refractivity contribution < 1.29 is 9.53 Å². The molecule has 2 rings (SSSR count). The quantitative estimate of drug-likeness (QED) is 0.601. The van der Waals surface area contributed by atoms with Gasteiger partial charge in [-0.3, -0.25) is 4.79 Å². The summed E-state index contributed by atoms with van der Waals surface area (Å²) >= 11 is 3.39. The molecule has 2 aromatic rings. The van der Waals surface area contributed by atoms with Crippen LogP contribution in [0.25, 0.3) is 0 Å². The molecule has 0 aromatic heterocycles. The predicted octanol–water partition coefficient (Wildman–Crippen LogP) is 3.33. The van der Waals surface area contributed by atoms with E-state index < -0.39 is 0 Å². The van der Waals surface area contributed by atoms with Crippen LogP contribution in [0.1, 0.15) is 11.1 Å². The molecule has 2 N–H and O–H groups in total. The minimum Gasteiger partial charge on any atom is -0.496 e. The maximum atomic E-state index is 11.8. The Balaban J connectivity index is 1.88. The zero-order valence-corrected chi connectivity index (χ0v) is 14.6. The average molecular weight is 376 g/mol. The van der Waals surface area contributed by atoms with E-state index in [4.69, 9.17) is 4.74 Å². The normalized spacial score (nSPS) is 10.6. The number of anilines is 1. The van der Waals surface area contributed by atoms with E-state index >= 15 is 0 Å². The summed E-state index contributed by atoms with van der Waals surface area (Å²) in [5, 5.41) is 7.00. The molecule has 0 aliphatic carbocycles. The summed E-state index contributed by atoms with van der Waals surface area (Å²) in [7, 11) is 1.59. The lowest BCUT2D eigenvalue weighted by atomic mass is 10.2. The number of carbonyl (C=O) groups is 1. The molecule has 0 aliphatic heterocycles. The van der Waals surface area contributed by atoms with E-state index in [-0.39, 0.29) is 12.5 Å². The summed E-state index contributed by atoms with van der Waals surface area (Å²) in [5.74, 6) is 0.459. The smallest absolute Gasteiger partial charge is 0.259 e. The van der Waals surface area contributed by atoms with Crippen LogP contribution in [-0.2, 0) is 4.79 Å². The number of benzene rings is 2. The SMILES string of the molecule is COc1ccc(Br)cc1/C=N/NC(=O)CNc1cccc(C)c1. The fourth-order valence-corrected chi connectivity index (χ4v) is 2.34. The number of methoxy groups -OCH3 is 1. The number of hydrazone groups is 1. The molecule has 0 saturated carbocycles. The van der Waals surface area contributed by atoms with E-state index in [0.29, 0.717) is 5.75 Å². The zero-order valence-electron chi connectivity index (χ0n) is 13.0. The van der Waals surface area contributed by atoms with Gasteiger partial charge >= 0.3 is 0 Å². The monoisotopic (exact) mass is 375 g/mol. The second-order valence-electron chi connectivity index (χ2n) is 4.90. The maximum absolute atomic E-state index is 11.8. The third kappa shape index (κ3) is 5.41. The number of ether oxygens (including phenoxy) is 1. The maximum Gasteiger partial charge on any atom is 0.259 e. The molecule has 2 aromatic carbocycles. The van der Waals surface area contributed by atoms with Crippen molar-refractivity contribution in [1.29, 1.82) is 0 Å². The van der Waals surface area contributed by atoms with Crippen molar-refractivity contribution in [3.05, 3.63) is 58.1 Å². The molecule has 5 nitrogen and oxygen atoms in total. The highest BCUT2D eigenvalue weighted by Gasteiger charge is 2.02. The largest absolute Gasteiger partial charge is 0.496 e. The second kappa shape index (κ2) is 8.33. The van der Waals surface area contributed by atoms with Crippen LogP contribution in [-0.4, -0.2) is 25.8 Å². The molecule has 0 fully saturated rings. The summed E-state index contributed by atoms with van der Waals surface area (Å²) in [6.45, 7) is 2.15. The number of hydrogen-bond donors (Lipinski definition) is 2. The number of aryl methyl sites for hydroxylation is 1. The lowest BCUT2D eigenvalue weighted by Gasteiger charge is -2.06. The molecule has 23 heavy (non-hydrogen) atoms. The van der Waals surface area contributed by atoms with Gasteiger partial charge in [-0.2, -0.15) is 5.10 Å². The number of carbonyl (C=O) groups excluding carboxylic acids is 1. The van der Waals surface area contributed by atoms with Gasteiger partial charge in [0.15, 0.2) is 0 Å². The van der Waals surface area contributed by atoms with Gasteiger partial charge in [0.1, 0.15) is 5.75 Å². The predicted molar refractivity (Wildman–Crippen MR) is 96.1 cm³/mol. The third-order valence-corrected chi connectivity index (χ3v) is 3.55. The zero-order chi connectivity index (χ0) is 16.7. The molecule has 0 spiro atoms. The molecule has 0 unspecified atom stereocenters. The highest BCUT2D eigenvalue weighted by Crippen LogP contribution is 2.21. The first-order valence-electron chi connectivity index (χ1n) is 7.04. The van der Waals surface area contributed by atoms with Crippen molar-refractivity contribution in [1.82, 2.24) is 5.43 Å². The summed E-state index contributed by atoms with van der Waals surface area (Å²) in [6, 6.07) is 13.4. The standard InChI is InChI=1S/C17H18BrN3O2/c1-12-4-3-5-15(8-12)19-11-17(22)21-20-10-13-9-14(18)6-7-16(13)23-2/h3-10,19H,11H2,1-2H3,(H,21,22)/b20-10+. The van der Waals surface area contributed by atoms with E-state index in [1.165, 1.54) is 0 Å². The summed E-state index contributed by atoms with van der Waals surface area (Å²) in [5.41, 5.74) is 5.29. The second-order valence-corrected chi connectivity index (χ2v) is 5.82. The molecule has 0 bridgehead atoms. The number of halogens is 1. The molecule has 0 radical (unpaired) electrons. The van der Waals surface area contributed by atoms with Crippen LogP contribution >= 0.6 is 15.9 Å². The molecule has 0 saturated heterocycles. The molecule has 0 heterocycles. The highest BCUT2D eigenvalue weighted by molar-refractivity contribution is 9.10. The number of hydrogen-bond acceptors (Lipinski definition) is 4. The van der Waals surface area contributed by atoms with Crippen LogP contribution in [0.15, 0.2) is 52.0 Å². The topological polar surface area (TPSA) is 62.7 Å². The van der Waals surface area contributed by atoms with Crippen molar-refractivity contribution in [2.24, 2.45) is 5.10 Å². The Morgan fingerprint density at radius 3 is 2.87 bits per heavy atom. The number of nitrogens with zero attached hydrogens (tertiary/aromatic N) is 1. The molecule has 0 atom stereocenters. The Labute approximate surface area is 143 Å². The first-order chi connectivity index (χ1) is 11.1. The third-order valence-electron chi connectivity index (χ3n) is 3.06.